The van der Waals surface area contributed by atoms with Crippen molar-refractivity contribution in [1.82, 2.24) is 0 Å². The maximum absolute atomic E-state index is 11.0. The molecule has 0 aliphatic heterocycles. The van der Waals surface area contributed by atoms with Crippen LogP contribution in [0.1, 0.15) is 11.1 Å². The van der Waals surface area contributed by atoms with E-state index in [9.17, 15) is 20.2 Å². The first-order valence-electron chi connectivity index (χ1n) is 10.8. The average Bonchev–Trinajstić information content (AvgIpc) is 2.92. The molecule has 4 aromatic rings. The highest BCUT2D eigenvalue weighted by molar-refractivity contribution is 6.53. The van der Waals surface area contributed by atoms with E-state index in [1.54, 1.807) is 24.3 Å². The molecule has 0 amide bonds. The summed E-state index contributed by atoms with van der Waals surface area (Å²) in [6.07, 6.45) is 0. The number of rotatable bonds is 9. The number of benzene rings is 4. The second-order valence-corrected chi connectivity index (χ2v) is 7.48. The van der Waals surface area contributed by atoms with Crippen LogP contribution < -0.4 is 10.9 Å². The van der Waals surface area contributed by atoms with Gasteiger partial charge in [0.05, 0.1) is 21.2 Å². The Balaban J connectivity index is 1.73. The van der Waals surface area contributed by atoms with Gasteiger partial charge in [0.2, 0.25) is 0 Å². The van der Waals surface area contributed by atoms with Crippen molar-refractivity contribution in [3.05, 3.63) is 141 Å². The van der Waals surface area contributed by atoms with Crippen molar-refractivity contribution in [3.8, 4) is 0 Å². The highest BCUT2D eigenvalue weighted by atomic mass is 16.6. The van der Waals surface area contributed by atoms with Crippen LogP contribution in [0.3, 0.4) is 0 Å². The van der Waals surface area contributed by atoms with E-state index in [-0.39, 0.29) is 11.4 Å². The molecule has 10 nitrogen and oxygen atoms in total. The topological polar surface area (TPSA) is 135 Å². The molecule has 0 saturated heterocycles. The lowest BCUT2D eigenvalue weighted by molar-refractivity contribution is -0.385. The molecule has 0 spiro atoms. The zero-order valence-electron chi connectivity index (χ0n) is 18.8. The summed E-state index contributed by atoms with van der Waals surface area (Å²) in [5.74, 6) is 0. The van der Waals surface area contributed by atoms with E-state index >= 15 is 0 Å². The van der Waals surface area contributed by atoms with Gasteiger partial charge in [-0.15, -0.1) is 0 Å². The smallest absolute Gasteiger partial charge is 0.269 e. The number of anilines is 2. The molecule has 0 bridgehead atoms. The van der Waals surface area contributed by atoms with E-state index in [4.69, 9.17) is 0 Å². The van der Waals surface area contributed by atoms with Gasteiger partial charge in [0, 0.05) is 35.4 Å². The number of hydrogen-bond donors (Lipinski definition) is 2. The van der Waals surface area contributed by atoms with Crippen molar-refractivity contribution >= 4 is 34.2 Å². The molecule has 0 atom stereocenters. The Bertz CT molecular complexity index is 1290. The highest BCUT2D eigenvalue weighted by Crippen LogP contribution is 2.18. The molecule has 0 heterocycles. The van der Waals surface area contributed by atoms with Gasteiger partial charge in [0.15, 0.2) is 0 Å². The first-order chi connectivity index (χ1) is 17.5. The Labute approximate surface area is 205 Å². The lowest BCUT2D eigenvalue weighted by Gasteiger charge is -2.13. The Kier molecular flexibility index (Phi) is 7.37. The molecule has 0 aromatic heterocycles. The number of hydrazone groups is 2. The van der Waals surface area contributed by atoms with Crippen LogP contribution in [0.25, 0.3) is 0 Å². The molecule has 36 heavy (non-hydrogen) atoms. The van der Waals surface area contributed by atoms with Crippen LogP contribution in [0.4, 0.5) is 22.7 Å². The van der Waals surface area contributed by atoms with Crippen LogP contribution in [0.5, 0.6) is 0 Å². The molecule has 0 aliphatic carbocycles. The molecule has 0 saturated carbocycles. The molecule has 4 rings (SSSR count). The fourth-order valence-electron chi connectivity index (χ4n) is 3.26. The molecule has 178 valence electrons. The number of nitrogens with zero attached hydrogens (tertiary/aromatic N) is 4. The first kappa shape index (κ1) is 23.8. The van der Waals surface area contributed by atoms with Crippen molar-refractivity contribution < 1.29 is 9.85 Å². The Morgan fingerprint density at radius 2 is 0.861 bits per heavy atom. The first-order valence-corrected chi connectivity index (χ1v) is 10.8. The van der Waals surface area contributed by atoms with Crippen LogP contribution in [0.15, 0.2) is 119 Å². The van der Waals surface area contributed by atoms with Crippen molar-refractivity contribution in [2.45, 2.75) is 0 Å². The monoisotopic (exact) mass is 480 g/mol. The third-order valence-corrected chi connectivity index (χ3v) is 5.07. The predicted octanol–water partition coefficient (Wildman–Crippen LogP) is 5.84. The zero-order chi connectivity index (χ0) is 25.3. The van der Waals surface area contributed by atoms with Gasteiger partial charge >= 0.3 is 0 Å². The van der Waals surface area contributed by atoms with Gasteiger partial charge < -0.3 is 0 Å². The molecule has 0 unspecified atom stereocenters. The summed E-state index contributed by atoms with van der Waals surface area (Å²) >= 11 is 0. The van der Waals surface area contributed by atoms with Crippen LogP contribution in [-0.2, 0) is 0 Å². The standard InChI is InChI=1S/C26H20N6O4/c33-31(34)23-15-11-21(12-16-23)27-29-25(19-7-3-1-4-8-19)26(20-9-5-2-6-10-20)30-28-22-13-17-24(18-14-22)32(35)36/h1-18,27-28H/b29-25+,30-26+. The van der Waals surface area contributed by atoms with Gasteiger partial charge in [-0.25, -0.2) is 0 Å². The quantitative estimate of drug-likeness (QED) is 0.176. The zero-order valence-corrected chi connectivity index (χ0v) is 18.8. The van der Waals surface area contributed by atoms with E-state index in [1.807, 2.05) is 60.7 Å². The fraction of sp³-hybridized carbons (Fsp3) is 0. The maximum Gasteiger partial charge on any atom is 0.269 e. The van der Waals surface area contributed by atoms with Crippen LogP contribution in [0, 0.1) is 20.2 Å². The number of non-ortho nitro benzene ring substituents is 2. The van der Waals surface area contributed by atoms with Crippen LogP contribution in [-0.4, -0.2) is 21.3 Å². The number of nitro benzene ring substituents is 2. The average molecular weight is 480 g/mol. The van der Waals surface area contributed by atoms with Crippen LogP contribution >= 0.6 is 0 Å². The lowest BCUT2D eigenvalue weighted by atomic mass is 10.00. The summed E-state index contributed by atoms with van der Waals surface area (Å²) < 4.78 is 0. The summed E-state index contributed by atoms with van der Waals surface area (Å²) in [6, 6.07) is 30.7. The minimum atomic E-state index is -0.466. The Morgan fingerprint density at radius 1 is 0.528 bits per heavy atom. The molecule has 10 heteroatoms. The van der Waals surface area contributed by atoms with Crippen molar-refractivity contribution in [1.29, 1.82) is 0 Å². The van der Waals surface area contributed by atoms with E-state index < -0.39 is 9.85 Å². The minimum absolute atomic E-state index is 0.0216. The molecule has 0 aliphatic rings. The molecular weight excluding hydrogens is 460 g/mol. The summed E-state index contributed by atoms with van der Waals surface area (Å²) in [5, 5.41) is 31.1. The summed E-state index contributed by atoms with van der Waals surface area (Å²) in [4.78, 5) is 21.0. The van der Waals surface area contributed by atoms with E-state index in [0.29, 0.717) is 22.8 Å². The largest absolute Gasteiger partial charge is 0.278 e. The van der Waals surface area contributed by atoms with Crippen LogP contribution in [0.2, 0.25) is 0 Å². The van der Waals surface area contributed by atoms with E-state index in [2.05, 4.69) is 21.1 Å². The Morgan fingerprint density at radius 3 is 1.17 bits per heavy atom. The summed E-state index contributed by atoms with van der Waals surface area (Å²) in [6.45, 7) is 0. The molecule has 2 N–H and O–H groups in total. The van der Waals surface area contributed by atoms with Gasteiger partial charge in [-0.3, -0.25) is 31.1 Å². The predicted molar refractivity (Wildman–Crippen MR) is 139 cm³/mol. The van der Waals surface area contributed by atoms with E-state index in [1.165, 1.54) is 24.3 Å². The van der Waals surface area contributed by atoms with Gasteiger partial charge in [-0.05, 0) is 24.3 Å². The minimum Gasteiger partial charge on any atom is -0.278 e. The molecular formula is C26H20N6O4. The maximum atomic E-state index is 11.0. The normalized spacial score (nSPS) is 11.6. The van der Waals surface area contributed by atoms with Crippen molar-refractivity contribution in [2.24, 2.45) is 10.2 Å². The molecule has 4 aromatic carbocycles. The number of nitro groups is 2. The molecule has 0 fully saturated rings. The van der Waals surface area contributed by atoms with Crippen molar-refractivity contribution in [3.63, 3.8) is 0 Å². The third kappa shape index (κ3) is 5.94. The third-order valence-electron chi connectivity index (χ3n) is 5.07. The number of hydrogen-bond acceptors (Lipinski definition) is 8. The Hall–Kier alpha value is -5.38. The van der Waals surface area contributed by atoms with Gasteiger partial charge in [-0.2, -0.15) is 10.2 Å². The SMILES string of the molecule is O=[N+]([O-])c1ccc(N/N=C(/C(=N/Nc2ccc([N+](=O)[O-])cc2)c2ccccc2)c2ccccc2)cc1. The van der Waals surface area contributed by atoms with Gasteiger partial charge in [-0.1, -0.05) is 60.7 Å². The van der Waals surface area contributed by atoms with Crippen molar-refractivity contribution in [2.75, 3.05) is 10.9 Å². The lowest BCUT2D eigenvalue weighted by Crippen LogP contribution is -2.20. The highest BCUT2D eigenvalue weighted by Gasteiger charge is 2.16. The van der Waals surface area contributed by atoms with E-state index in [0.717, 1.165) is 11.1 Å². The fourth-order valence-corrected chi connectivity index (χ4v) is 3.26. The second kappa shape index (κ2) is 11.2. The second-order valence-electron chi connectivity index (χ2n) is 7.48. The van der Waals surface area contributed by atoms with Gasteiger partial charge in [0.1, 0.15) is 11.4 Å². The summed E-state index contributed by atoms with van der Waals surface area (Å²) in [7, 11) is 0. The number of nitrogens with one attached hydrogen (secondary N) is 2. The van der Waals surface area contributed by atoms with Gasteiger partial charge in [0.25, 0.3) is 11.4 Å². The summed E-state index contributed by atoms with van der Waals surface area (Å²) in [5.41, 5.74) is 9.57. The molecule has 0 radical (unpaired) electrons.